The first-order valence-electron chi connectivity index (χ1n) is 7.84. The van der Waals surface area contributed by atoms with E-state index < -0.39 is 0 Å². The molecule has 4 nitrogen and oxygen atoms in total. The molecule has 0 aliphatic heterocycles. The van der Waals surface area contributed by atoms with Crippen LogP contribution in [-0.4, -0.2) is 16.6 Å². The quantitative estimate of drug-likeness (QED) is 0.698. The van der Waals surface area contributed by atoms with Crippen LogP contribution >= 0.6 is 0 Å². The van der Waals surface area contributed by atoms with E-state index in [1.807, 2.05) is 36.4 Å². The van der Waals surface area contributed by atoms with Gasteiger partial charge in [-0.2, -0.15) is 5.10 Å². The van der Waals surface area contributed by atoms with Gasteiger partial charge in [-0.25, -0.2) is 5.43 Å². The van der Waals surface area contributed by atoms with Crippen LogP contribution in [0, 0.1) is 0 Å². The van der Waals surface area contributed by atoms with Gasteiger partial charge >= 0.3 is 0 Å². The second-order valence-electron chi connectivity index (χ2n) is 5.76. The van der Waals surface area contributed by atoms with Crippen LogP contribution in [-0.2, 0) is 6.42 Å². The first-order chi connectivity index (χ1) is 11.3. The van der Waals surface area contributed by atoms with E-state index in [4.69, 9.17) is 0 Å². The number of benzene rings is 2. The van der Waals surface area contributed by atoms with Gasteiger partial charge in [-0.15, -0.1) is 0 Å². The number of hydrogen-bond donors (Lipinski definition) is 2. The van der Waals surface area contributed by atoms with Crippen LogP contribution in [0.25, 0.3) is 10.9 Å². The number of aromatic nitrogens is 1. The van der Waals surface area contributed by atoms with Crippen molar-refractivity contribution in [1.82, 2.24) is 10.4 Å². The van der Waals surface area contributed by atoms with E-state index in [1.54, 1.807) is 6.20 Å². The van der Waals surface area contributed by atoms with Gasteiger partial charge in [-0.05, 0) is 30.9 Å². The summed E-state index contributed by atoms with van der Waals surface area (Å²) in [5.41, 5.74) is 7.70. The van der Waals surface area contributed by atoms with Crippen molar-refractivity contribution in [2.45, 2.75) is 19.3 Å². The van der Waals surface area contributed by atoms with Crippen LogP contribution in [0.2, 0.25) is 0 Å². The number of amides is 1. The minimum atomic E-state index is -0.182. The van der Waals surface area contributed by atoms with Gasteiger partial charge < -0.3 is 4.98 Å². The van der Waals surface area contributed by atoms with E-state index in [9.17, 15) is 4.79 Å². The largest absolute Gasteiger partial charge is 0.360 e. The fourth-order valence-electron chi connectivity index (χ4n) is 3.15. The highest BCUT2D eigenvalue weighted by Crippen LogP contribution is 2.21. The maximum atomic E-state index is 12.4. The Morgan fingerprint density at radius 1 is 1.04 bits per heavy atom. The first-order valence-corrected chi connectivity index (χ1v) is 7.84. The molecular formula is C19H17N3O. The lowest BCUT2D eigenvalue weighted by molar-refractivity contribution is 0.0956. The Kier molecular flexibility index (Phi) is 3.42. The lowest BCUT2D eigenvalue weighted by Crippen LogP contribution is -2.22. The van der Waals surface area contributed by atoms with Crippen LogP contribution < -0.4 is 5.43 Å². The van der Waals surface area contributed by atoms with Crippen LogP contribution in [0.3, 0.4) is 0 Å². The zero-order chi connectivity index (χ0) is 15.6. The topological polar surface area (TPSA) is 57.2 Å². The Morgan fingerprint density at radius 2 is 1.87 bits per heavy atom. The monoisotopic (exact) mass is 303 g/mol. The minimum Gasteiger partial charge on any atom is -0.360 e. The summed E-state index contributed by atoms with van der Waals surface area (Å²) in [5, 5.41) is 5.30. The van der Waals surface area contributed by atoms with Gasteiger partial charge in [0.2, 0.25) is 0 Å². The highest BCUT2D eigenvalue weighted by atomic mass is 16.2. The average molecular weight is 303 g/mol. The zero-order valence-electron chi connectivity index (χ0n) is 12.7. The van der Waals surface area contributed by atoms with Crippen molar-refractivity contribution in [3.05, 3.63) is 71.4 Å². The molecule has 3 aromatic rings. The summed E-state index contributed by atoms with van der Waals surface area (Å²) in [7, 11) is 0. The number of rotatable bonds is 2. The predicted molar refractivity (Wildman–Crippen MR) is 91.7 cm³/mol. The standard InChI is InChI=1S/C19H17N3O/c23-19(16-12-20-17-10-4-3-9-15(16)17)22-21-18-11-5-7-13-6-1-2-8-14(13)18/h1-4,6,8-10,12,20H,5,7,11H2,(H,22,23)/b21-18-. The molecule has 23 heavy (non-hydrogen) atoms. The molecule has 1 heterocycles. The lowest BCUT2D eigenvalue weighted by atomic mass is 9.90. The summed E-state index contributed by atoms with van der Waals surface area (Å²) in [6, 6.07) is 16.0. The molecule has 0 atom stereocenters. The second kappa shape index (κ2) is 5.72. The van der Waals surface area contributed by atoms with Gasteiger partial charge in [0.1, 0.15) is 0 Å². The fourth-order valence-corrected chi connectivity index (χ4v) is 3.15. The number of nitrogens with one attached hydrogen (secondary N) is 2. The Morgan fingerprint density at radius 3 is 2.83 bits per heavy atom. The molecule has 0 bridgehead atoms. The van der Waals surface area contributed by atoms with Gasteiger partial charge in [0.05, 0.1) is 11.3 Å². The Hall–Kier alpha value is -2.88. The molecule has 114 valence electrons. The molecule has 0 fully saturated rings. The molecule has 0 spiro atoms. The SMILES string of the molecule is O=C(N/N=C1/CCCc2ccccc21)c1c[nH]c2ccccc12. The normalized spacial score (nSPS) is 15.6. The van der Waals surface area contributed by atoms with Crippen LogP contribution in [0.4, 0.5) is 0 Å². The van der Waals surface area contributed by atoms with E-state index in [2.05, 4.69) is 27.6 Å². The minimum absolute atomic E-state index is 0.182. The summed E-state index contributed by atoms with van der Waals surface area (Å²) < 4.78 is 0. The number of carbonyl (C=O) groups excluding carboxylic acids is 1. The van der Waals surface area contributed by atoms with Gasteiger partial charge in [-0.1, -0.05) is 42.5 Å². The van der Waals surface area contributed by atoms with Crippen molar-refractivity contribution in [3.63, 3.8) is 0 Å². The van der Waals surface area contributed by atoms with Crippen molar-refractivity contribution in [2.75, 3.05) is 0 Å². The molecule has 1 aliphatic carbocycles. The van der Waals surface area contributed by atoms with Crippen LogP contribution in [0.15, 0.2) is 59.8 Å². The van der Waals surface area contributed by atoms with Crippen molar-refractivity contribution >= 4 is 22.5 Å². The first kappa shape index (κ1) is 13.8. The summed E-state index contributed by atoms with van der Waals surface area (Å²) in [5.74, 6) is -0.182. The molecule has 1 aliphatic rings. The third-order valence-electron chi connectivity index (χ3n) is 4.31. The molecule has 2 aromatic carbocycles. The fraction of sp³-hybridized carbons (Fsp3) is 0.158. The average Bonchev–Trinajstić information content (AvgIpc) is 3.04. The summed E-state index contributed by atoms with van der Waals surface area (Å²) in [6.45, 7) is 0. The number of carbonyl (C=O) groups is 1. The molecule has 2 N–H and O–H groups in total. The van der Waals surface area contributed by atoms with Crippen molar-refractivity contribution < 1.29 is 4.79 Å². The summed E-state index contributed by atoms with van der Waals surface area (Å²) in [4.78, 5) is 15.5. The maximum Gasteiger partial charge on any atom is 0.273 e. The number of aromatic amines is 1. The van der Waals surface area contributed by atoms with Gasteiger partial charge in [0.25, 0.3) is 5.91 Å². The molecular weight excluding hydrogens is 286 g/mol. The number of fused-ring (bicyclic) bond motifs is 2. The molecule has 4 heteroatoms. The number of hydrogen-bond acceptors (Lipinski definition) is 2. The highest BCUT2D eigenvalue weighted by Gasteiger charge is 2.16. The van der Waals surface area contributed by atoms with Gasteiger partial charge in [-0.3, -0.25) is 4.79 Å². The molecule has 0 saturated carbocycles. The number of nitrogens with zero attached hydrogens (tertiary/aromatic N) is 1. The zero-order valence-corrected chi connectivity index (χ0v) is 12.7. The highest BCUT2D eigenvalue weighted by molar-refractivity contribution is 6.08. The van der Waals surface area contributed by atoms with Crippen LogP contribution in [0.1, 0.15) is 34.3 Å². The van der Waals surface area contributed by atoms with E-state index >= 15 is 0 Å². The van der Waals surface area contributed by atoms with E-state index in [-0.39, 0.29) is 5.91 Å². The van der Waals surface area contributed by atoms with Gasteiger partial charge in [0, 0.05) is 22.7 Å². The third-order valence-corrected chi connectivity index (χ3v) is 4.31. The predicted octanol–water partition coefficient (Wildman–Crippen LogP) is 3.64. The number of aryl methyl sites for hydroxylation is 1. The lowest BCUT2D eigenvalue weighted by Gasteiger charge is -2.17. The second-order valence-corrected chi connectivity index (χ2v) is 5.76. The summed E-state index contributed by atoms with van der Waals surface area (Å²) in [6.07, 6.45) is 4.77. The Bertz CT molecular complexity index is 908. The van der Waals surface area contributed by atoms with E-state index in [0.29, 0.717) is 5.56 Å². The smallest absolute Gasteiger partial charge is 0.273 e. The van der Waals surface area contributed by atoms with Crippen LogP contribution in [0.5, 0.6) is 0 Å². The molecule has 1 aromatic heterocycles. The van der Waals surface area contributed by atoms with Crippen molar-refractivity contribution in [3.8, 4) is 0 Å². The summed E-state index contributed by atoms with van der Waals surface area (Å²) >= 11 is 0. The Labute approximate surface area is 134 Å². The van der Waals surface area contributed by atoms with Gasteiger partial charge in [0.15, 0.2) is 0 Å². The molecule has 0 saturated heterocycles. The Balaban J connectivity index is 1.61. The van der Waals surface area contributed by atoms with Crippen molar-refractivity contribution in [1.29, 1.82) is 0 Å². The number of H-pyrrole nitrogens is 1. The molecule has 0 unspecified atom stereocenters. The molecule has 4 rings (SSSR count). The third kappa shape index (κ3) is 2.52. The van der Waals surface area contributed by atoms with Crippen molar-refractivity contribution in [2.24, 2.45) is 5.10 Å². The van der Waals surface area contributed by atoms with E-state index in [0.717, 1.165) is 41.4 Å². The molecule has 1 amide bonds. The number of para-hydroxylation sites is 1. The number of hydrazone groups is 1. The van der Waals surface area contributed by atoms with E-state index in [1.165, 1.54) is 5.56 Å². The maximum absolute atomic E-state index is 12.4. The molecule has 0 radical (unpaired) electrons.